The summed E-state index contributed by atoms with van der Waals surface area (Å²) in [5, 5.41) is 0. The van der Waals surface area contributed by atoms with Gasteiger partial charge in [-0.15, -0.1) is 0 Å². The molecule has 2 fully saturated rings. The number of thiocarbonyl (C=S) groups is 1. The van der Waals surface area contributed by atoms with Crippen molar-refractivity contribution in [3.63, 3.8) is 0 Å². The molecule has 2 aliphatic rings. The van der Waals surface area contributed by atoms with Crippen LogP contribution in [0.15, 0.2) is 33.6 Å². The van der Waals surface area contributed by atoms with Crippen molar-refractivity contribution in [2.45, 2.75) is 64.8 Å². The topological polar surface area (TPSA) is 42.7 Å². The monoisotopic (exact) mass is 455 g/mol. The van der Waals surface area contributed by atoms with Crippen LogP contribution in [-0.4, -0.2) is 28.3 Å². The summed E-state index contributed by atoms with van der Waals surface area (Å²) < 4.78 is 12.2. The Balaban J connectivity index is 1.55. The lowest BCUT2D eigenvalue weighted by molar-refractivity contribution is -0.123. The van der Waals surface area contributed by atoms with Crippen LogP contribution >= 0.6 is 24.0 Å². The van der Waals surface area contributed by atoms with E-state index in [4.69, 9.17) is 21.4 Å². The van der Waals surface area contributed by atoms with E-state index in [0.717, 1.165) is 41.0 Å². The third kappa shape index (κ3) is 4.75. The van der Waals surface area contributed by atoms with Gasteiger partial charge < -0.3 is 9.15 Å². The Kier molecular flexibility index (Phi) is 6.87. The molecule has 4 nitrogen and oxygen atoms in total. The lowest BCUT2D eigenvalue weighted by Crippen LogP contribution is -2.39. The molecule has 0 bridgehead atoms. The maximum atomic E-state index is 13.2. The minimum atomic E-state index is 0.0231. The van der Waals surface area contributed by atoms with Gasteiger partial charge in [0, 0.05) is 17.7 Å². The number of aryl methyl sites for hydroxylation is 2. The number of benzene rings is 1. The number of methoxy groups -OCH3 is 1. The van der Waals surface area contributed by atoms with Crippen molar-refractivity contribution in [3.05, 3.63) is 46.1 Å². The van der Waals surface area contributed by atoms with Crippen molar-refractivity contribution >= 4 is 40.3 Å². The first-order valence-corrected chi connectivity index (χ1v) is 12.2. The van der Waals surface area contributed by atoms with Crippen molar-refractivity contribution in [3.8, 4) is 17.1 Å². The summed E-state index contributed by atoms with van der Waals surface area (Å²) in [6.07, 6.45) is 10.1. The highest BCUT2D eigenvalue weighted by molar-refractivity contribution is 8.26. The van der Waals surface area contributed by atoms with Crippen LogP contribution < -0.4 is 4.74 Å². The second-order valence-electron chi connectivity index (χ2n) is 8.39. The van der Waals surface area contributed by atoms with Crippen molar-refractivity contribution < 1.29 is 13.9 Å². The zero-order valence-electron chi connectivity index (χ0n) is 18.4. The van der Waals surface area contributed by atoms with Crippen LogP contribution in [0.1, 0.15) is 61.8 Å². The van der Waals surface area contributed by atoms with Gasteiger partial charge in [-0.3, -0.25) is 9.69 Å². The van der Waals surface area contributed by atoms with Gasteiger partial charge in [-0.1, -0.05) is 56.1 Å². The smallest absolute Gasteiger partial charge is 0.266 e. The van der Waals surface area contributed by atoms with Gasteiger partial charge in [-0.05, 0) is 62.1 Å². The van der Waals surface area contributed by atoms with Crippen LogP contribution in [0.4, 0.5) is 0 Å². The summed E-state index contributed by atoms with van der Waals surface area (Å²) >= 11 is 6.98. The summed E-state index contributed by atoms with van der Waals surface area (Å²) in [5.41, 5.74) is 3.17. The highest BCUT2D eigenvalue weighted by Gasteiger charge is 2.37. The minimum absolute atomic E-state index is 0.0231. The van der Waals surface area contributed by atoms with E-state index in [9.17, 15) is 4.79 Å². The first-order chi connectivity index (χ1) is 15.0. The van der Waals surface area contributed by atoms with E-state index in [2.05, 4.69) is 6.07 Å². The fourth-order valence-corrected chi connectivity index (χ4v) is 5.85. The van der Waals surface area contributed by atoms with Gasteiger partial charge in [-0.2, -0.15) is 0 Å². The quantitative estimate of drug-likeness (QED) is 0.371. The standard InChI is InChI=1S/C25H29NO3S2/c1-16-14-22(28-3)17(2)13-20(16)21-12-11-19(29-21)15-23-24(27)26(25(30)31-23)18-9-7-5-4-6-8-10-18/h11-15,18H,4-10H2,1-3H3/b23-15+. The number of thioether (sulfide) groups is 1. The van der Waals surface area contributed by atoms with Crippen molar-refractivity contribution in [2.75, 3.05) is 7.11 Å². The predicted molar refractivity (Wildman–Crippen MR) is 131 cm³/mol. The molecule has 0 atom stereocenters. The number of nitrogens with zero attached hydrogens (tertiary/aromatic N) is 1. The van der Waals surface area contributed by atoms with E-state index in [-0.39, 0.29) is 11.9 Å². The molecule has 0 spiro atoms. The van der Waals surface area contributed by atoms with Crippen LogP contribution in [0.3, 0.4) is 0 Å². The number of hydrogen-bond donors (Lipinski definition) is 0. The fraction of sp³-hybridized carbons (Fsp3) is 0.440. The van der Waals surface area contributed by atoms with Crippen molar-refractivity contribution in [2.24, 2.45) is 0 Å². The van der Waals surface area contributed by atoms with E-state index >= 15 is 0 Å². The molecule has 164 valence electrons. The fourth-order valence-electron chi connectivity index (χ4n) is 4.47. The molecule has 0 radical (unpaired) electrons. The molecule has 0 unspecified atom stereocenters. The van der Waals surface area contributed by atoms with Crippen LogP contribution in [0.2, 0.25) is 0 Å². The summed E-state index contributed by atoms with van der Waals surface area (Å²) in [7, 11) is 1.68. The van der Waals surface area contributed by atoms with Crippen molar-refractivity contribution in [1.29, 1.82) is 0 Å². The average Bonchev–Trinajstić information content (AvgIpc) is 3.28. The van der Waals surface area contributed by atoms with Gasteiger partial charge in [0.25, 0.3) is 5.91 Å². The van der Waals surface area contributed by atoms with Gasteiger partial charge in [0.1, 0.15) is 21.6 Å². The normalized spacial score (nSPS) is 19.7. The molecule has 1 aliphatic carbocycles. The van der Waals surface area contributed by atoms with E-state index in [1.165, 1.54) is 43.9 Å². The summed E-state index contributed by atoms with van der Waals surface area (Å²) in [4.78, 5) is 15.7. The van der Waals surface area contributed by atoms with Crippen LogP contribution in [-0.2, 0) is 4.79 Å². The summed E-state index contributed by atoms with van der Waals surface area (Å²) in [5.74, 6) is 2.34. The molecule has 1 aromatic carbocycles. The molecule has 1 amide bonds. The lowest BCUT2D eigenvalue weighted by atomic mass is 9.96. The van der Waals surface area contributed by atoms with Gasteiger partial charge in [-0.25, -0.2) is 0 Å². The Hall–Kier alpha value is -2.05. The highest BCUT2D eigenvalue weighted by Crippen LogP contribution is 2.38. The zero-order valence-corrected chi connectivity index (χ0v) is 20.0. The van der Waals surface area contributed by atoms with Crippen LogP contribution in [0.5, 0.6) is 5.75 Å². The van der Waals surface area contributed by atoms with Gasteiger partial charge >= 0.3 is 0 Å². The SMILES string of the molecule is COc1cc(C)c(-c2ccc(/C=C3/SC(=S)N(C4CCCCCCC4)C3=O)o2)cc1C. The summed E-state index contributed by atoms with van der Waals surface area (Å²) in [6, 6.07) is 8.19. The largest absolute Gasteiger partial charge is 0.496 e. The Bertz CT molecular complexity index is 1020. The predicted octanol–water partition coefficient (Wildman–Crippen LogP) is 6.89. The van der Waals surface area contributed by atoms with Gasteiger partial charge in [0.05, 0.1) is 12.0 Å². The van der Waals surface area contributed by atoms with Crippen molar-refractivity contribution in [1.82, 2.24) is 4.90 Å². The molecule has 1 aromatic heterocycles. The van der Waals surface area contributed by atoms with E-state index in [1.807, 2.05) is 43.0 Å². The van der Waals surface area contributed by atoms with E-state index in [0.29, 0.717) is 15.0 Å². The van der Waals surface area contributed by atoms with Gasteiger partial charge in [0.15, 0.2) is 0 Å². The Morgan fingerprint density at radius 2 is 1.81 bits per heavy atom. The first-order valence-electron chi connectivity index (χ1n) is 11.0. The highest BCUT2D eigenvalue weighted by atomic mass is 32.2. The number of rotatable bonds is 4. The van der Waals surface area contributed by atoms with E-state index in [1.54, 1.807) is 7.11 Å². The molecule has 0 N–H and O–H groups in total. The third-order valence-corrected chi connectivity index (χ3v) is 7.50. The second-order valence-corrected chi connectivity index (χ2v) is 10.1. The maximum absolute atomic E-state index is 13.2. The number of amides is 1. The number of carbonyl (C=O) groups is 1. The number of ether oxygens (including phenoxy) is 1. The first kappa shape index (κ1) is 22.2. The van der Waals surface area contributed by atoms with Crippen LogP contribution in [0.25, 0.3) is 17.4 Å². The molecule has 1 saturated heterocycles. The van der Waals surface area contributed by atoms with Crippen LogP contribution in [0, 0.1) is 13.8 Å². The number of furan rings is 1. The maximum Gasteiger partial charge on any atom is 0.266 e. The minimum Gasteiger partial charge on any atom is -0.496 e. The lowest BCUT2D eigenvalue weighted by Gasteiger charge is -2.28. The summed E-state index contributed by atoms with van der Waals surface area (Å²) in [6.45, 7) is 4.06. The Morgan fingerprint density at radius 3 is 2.52 bits per heavy atom. The molecule has 1 saturated carbocycles. The molecule has 31 heavy (non-hydrogen) atoms. The molecule has 2 aromatic rings. The number of carbonyl (C=O) groups excluding carboxylic acids is 1. The second kappa shape index (κ2) is 9.61. The average molecular weight is 456 g/mol. The molecule has 4 rings (SSSR count). The Labute approximate surface area is 194 Å². The third-order valence-electron chi connectivity index (χ3n) is 6.17. The molecular weight excluding hydrogens is 426 g/mol. The zero-order chi connectivity index (χ0) is 22.0. The molecule has 2 heterocycles. The van der Waals surface area contributed by atoms with Gasteiger partial charge in [0.2, 0.25) is 0 Å². The molecule has 1 aliphatic heterocycles. The Morgan fingerprint density at radius 1 is 1.10 bits per heavy atom. The number of hydrogen-bond acceptors (Lipinski definition) is 5. The van der Waals surface area contributed by atoms with E-state index < -0.39 is 0 Å². The molecule has 6 heteroatoms. The molecular formula is C25H29NO3S2.